The van der Waals surface area contributed by atoms with Gasteiger partial charge in [-0.25, -0.2) is 0 Å². The van der Waals surface area contributed by atoms with Gasteiger partial charge in [-0.2, -0.15) is 0 Å². The zero-order valence-corrected chi connectivity index (χ0v) is 11.2. The normalized spacial score (nSPS) is 22.5. The lowest BCUT2D eigenvalue weighted by molar-refractivity contribution is 0.163. The summed E-state index contributed by atoms with van der Waals surface area (Å²) < 4.78 is 17.4. The molecule has 1 aliphatic carbocycles. The van der Waals surface area contributed by atoms with E-state index in [4.69, 9.17) is 15.8 Å². The standard InChI is InChI=1S/C11H22ClO2P/c1-2-3-7-10-15(12,13)14-11-8-5-4-6-9-11/h11H,2-10H2,1H3. The van der Waals surface area contributed by atoms with E-state index >= 15 is 0 Å². The third-order valence-corrected chi connectivity index (χ3v) is 5.10. The Morgan fingerprint density at radius 1 is 1.27 bits per heavy atom. The first kappa shape index (κ1) is 13.5. The predicted octanol–water partition coefficient (Wildman–Crippen LogP) is 4.96. The van der Waals surface area contributed by atoms with Crippen molar-refractivity contribution in [1.82, 2.24) is 0 Å². The second-order valence-corrected chi connectivity index (χ2v) is 7.77. The maximum atomic E-state index is 11.9. The van der Waals surface area contributed by atoms with E-state index in [0.29, 0.717) is 6.16 Å². The summed E-state index contributed by atoms with van der Waals surface area (Å²) in [5.41, 5.74) is 0. The van der Waals surface area contributed by atoms with Gasteiger partial charge in [-0.3, -0.25) is 4.57 Å². The molecule has 0 N–H and O–H groups in total. The van der Waals surface area contributed by atoms with Crippen molar-refractivity contribution < 1.29 is 9.09 Å². The molecule has 1 unspecified atom stereocenters. The molecule has 90 valence electrons. The molecule has 0 saturated heterocycles. The molecule has 1 rings (SSSR count). The summed E-state index contributed by atoms with van der Waals surface area (Å²) in [6.07, 6.45) is 9.56. The second kappa shape index (κ2) is 6.93. The first-order valence-electron chi connectivity index (χ1n) is 6.11. The Morgan fingerprint density at radius 2 is 1.93 bits per heavy atom. The van der Waals surface area contributed by atoms with Gasteiger partial charge in [0.25, 0.3) is 6.72 Å². The van der Waals surface area contributed by atoms with Crippen LogP contribution in [-0.2, 0) is 9.09 Å². The van der Waals surface area contributed by atoms with Crippen LogP contribution >= 0.6 is 18.0 Å². The number of halogens is 1. The van der Waals surface area contributed by atoms with Crippen molar-refractivity contribution in [3.63, 3.8) is 0 Å². The van der Waals surface area contributed by atoms with Gasteiger partial charge >= 0.3 is 0 Å². The maximum Gasteiger partial charge on any atom is 0.290 e. The molecule has 2 nitrogen and oxygen atoms in total. The first-order chi connectivity index (χ1) is 7.14. The van der Waals surface area contributed by atoms with E-state index in [9.17, 15) is 4.57 Å². The van der Waals surface area contributed by atoms with E-state index in [0.717, 1.165) is 32.1 Å². The summed E-state index contributed by atoms with van der Waals surface area (Å²) in [6.45, 7) is -0.692. The molecule has 0 bridgehead atoms. The van der Waals surface area contributed by atoms with Gasteiger partial charge in [0, 0.05) is 6.16 Å². The van der Waals surface area contributed by atoms with Gasteiger partial charge in [-0.15, -0.1) is 0 Å². The van der Waals surface area contributed by atoms with Crippen molar-refractivity contribution in [2.45, 2.75) is 64.4 Å². The van der Waals surface area contributed by atoms with Crippen molar-refractivity contribution in [2.75, 3.05) is 6.16 Å². The van der Waals surface area contributed by atoms with Crippen molar-refractivity contribution >= 4 is 18.0 Å². The molecular formula is C11H22ClO2P. The Bertz CT molecular complexity index is 215. The molecule has 1 aliphatic rings. The molecule has 15 heavy (non-hydrogen) atoms. The van der Waals surface area contributed by atoms with E-state index < -0.39 is 6.72 Å². The van der Waals surface area contributed by atoms with E-state index in [-0.39, 0.29) is 6.10 Å². The molecule has 0 aromatic heterocycles. The molecule has 0 spiro atoms. The Hall–Kier alpha value is 0.480. The minimum Gasteiger partial charge on any atom is -0.314 e. The minimum atomic E-state index is -2.82. The lowest BCUT2D eigenvalue weighted by Gasteiger charge is -2.24. The molecule has 0 radical (unpaired) electrons. The SMILES string of the molecule is CCCCCP(=O)(Cl)OC1CCCCC1. The largest absolute Gasteiger partial charge is 0.314 e. The predicted molar refractivity (Wildman–Crippen MR) is 65.8 cm³/mol. The summed E-state index contributed by atoms with van der Waals surface area (Å²) in [7, 11) is 0. The smallest absolute Gasteiger partial charge is 0.290 e. The topological polar surface area (TPSA) is 26.3 Å². The van der Waals surface area contributed by atoms with Gasteiger partial charge in [0.05, 0.1) is 6.10 Å². The van der Waals surface area contributed by atoms with Gasteiger partial charge in [0.2, 0.25) is 0 Å². The Balaban J connectivity index is 2.24. The molecule has 1 fully saturated rings. The minimum absolute atomic E-state index is 0.156. The Labute approximate surface area is 98.0 Å². The summed E-state index contributed by atoms with van der Waals surface area (Å²) in [4.78, 5) is 0. The summed E-state index contributed by atoms with van der Waals surface area (Å²) in [5, 5.41) is 0. The number of unbranched alkanes of at least 4 members (excludes halogenated alkanes) is 2. The average molecular weight is 253 g/mol. The van der Waals surface area contributed by atoms with E-state index in [1.165, 1.54) is 19.3 Å². The van der Waals surface area contributed by atoms with Crippen molar-refractivity contribution in [3.05, 3.63) is 0 Å². The zero-order chi connectivity index (χ0) is 11.1. The van der Waals surface area contributed by atoms with Gasteiger partial charge in [0.1, 0.15) is 0 Å². The molecule has 0 aromatic rings. The maximum absolute atomic E-state index is 11.9. The molecule has 1 atom stereocenters. The van der Waals surface area contributed by atoms with Crippen LogP contribution in [0.3, 0.4) is 0 Å². The highest BCUT2D eigenvalue weighted by atomic mass is 35.7. The lowest BCUT2D eigenvalue weighted by atomic mass is 9.98. The number of hydrogen-bond acceptors (Lipinski definition) is 2. The van der Waals surface area contributed by atoms with E-state index in [1.54, 1.807) is 0 Å². The summed E-state index contributed by atoms with van der Waals surface area (Å²) in [6, 6.07) is 0. The highest BCUT2D eigenvalue weighted by molar-refractivity contribution is 7.85. The Kier molecular flexibility index (Phi) is 6.26. The van der Waals surface area contributed by atoms with Gasteiger partial charge < -0.3 is 4.52 Å². The van der Waals surface area contributed by atoms with E-state index in [1.807, 2.05) is 0 Å². The fourth-order valence-electron chi connectivity index (χ4n) is 2.00. The summed E-state index contributed by atoms with van der Waals surface area (Å²) >= 11 is 5.94. The molecule has 1 saturated carbocycles. The number of rotatable bonds is 6. The van der Waals surface area contributed by atoms with Crippen LogP contribution in [0.4, 0.5) is 0 Å². The molecule has 0 aromatic carbocycles. The number of hydrogen-bond donors (Lipinski definition) is 0. The molecular weight excluding hydrogens is 231 g/mol. The van der Waals surface area contributed by atoms with Crippen molar-refractivity contribution in [2.24, 2.45) is 0 Å². The highest BCUT2D eigenvalue weighted by Gasteiger charge is 2.25. The van der Waals surface area contributed by atoms with Crippen LogP contribution in [0.1, 0.15) is 58.3 Å². The van der Waals surface area contributed by atoms with Gasteiger partial charge in [-0.05, 0) is 30.5 Å². The van der Waals surface area contributed by atoms with Crippen molar-refractivity contribution in [1.29, 1.82) is 0 Å². The van der Waals surface area contributed by atoms with Crippen LogP contribution in [0.15, 0.2) is 0 Å². The quantitative estimate of drug-likeness (QED) is 0.493. The fraction of sp³-hybridized carbons (Fsp3) is 1.00. The van der Waals surface area contributed by atoms with Gasteiger partial charge in [-0.1, -0.05) is 39.0 Å². The average Bonchev–Trinajstić information content (AvgIpc) is 2.18. The lowest BCUT2D eigenvalue weighted by Crippen LogP contribution is -2.14. The monoisotopic (exact) mass is 252 g/mol. The summed E-state index contributed by atoms with van der Waals surface area (Å²) in [5.74, 6) is 0. The van der Waals surface area contributed by atoms with Crippen LogP contribution in [0.2, 0.25) is 0 Å². The van der Waals surface area contributed by atoms with Crippen molar-refractivity contribution in [3.8, 4) is 0 Å². The zero-order valence-electron chi connectivity index (χ0n) is 9.58. The molecule has 0 heterocycles. The molecule has 0 aliphatic heterocycles. The van der Waals surface area contributed by atoms with E-state index in [2.05, 4.69) is 6.92 Å². The van der Waals surface area contributed by atoms with Crippen LogP contribution in [-0.4, -0.2) is 12.3 Å². The van der Waals surface area contributed by atoms with Crippen LogP contribution in [0.5, 0.6) is 0 Å². The van der Waals surface area contributed by atoms with Gasteiger partial charge in [0.15, 0.2) is 0 Å². The fourth-order valence-corrected chi connectivity index (χ4v) is 4.06. The Morgan fingerprint density at radius 3 is 2.53 bits per heavy atom. The third kappa shape index (κ3) is 5.94. The highest BCUT2D eigenvalue weighted by Crippen LogP contribution is 2.55. The third-order valence-electron chi connectivity index (χ3n) is 2.89. The first-order valence-corrected chi connectivity index (χ1v) is 8.82. The molecule has 4 heteroatoms. The van der Waals surface area contributed by atoms with Crippen LogP contribution in [0.25, 0.3) is 0 Å². The molecule has 0 amide bonds. The van der Waals surface area contributed by atoms with Crippen LogP contribution < -0.4 is 0 Å². The second-order valence-electron chi connectivity index (χ2n) is 4.39. The van der Waals surface area contributed by atoms with Crippen LogP contribution in [0, 0.1) is 0 Å².